The van der Waals surface area contributed by atoms with Crippen molar-refractivity contribution < 1.29 is 14.2 Å². The summed E-state index contributed by atoms with van der Waals surface area (Å²) in [6.07, 6.45) is 0.501. The van der Waals surface area contributed by atoms with Crippen LogP contribution in [-0.4, -0.2) is 17.8 Å². The first-order valence-electron chi connectivity index (χ1n) is 5.02. The molecule has 0 aliphatic carbocycles. The Morgan fingerprint density at radius 2 is 2.25 bits per heavy atom. The smallest absolute Gasteiger partial charge is 0.138 e. The van der Waals surface area contributed by atoms with Gasteiger partial charge in [-0.15, -0.1) is 0 Å². The van der Waals surface area contributed by atoms with Gasteiger partial charge in [0.2, 0.25) is 0 Å². The van der Waals surface area contributed by atoms with E-state index in [9.17, 15) is 9.50 Å². The van der Waals surface area contributed by atoms with Gasteiger partial charge in [-0.1, -0.05) is 11.6 Å². The molecule has 1 aromatic carbocycles. The Kier molecular flexibility index (Phi) is 3.85. The fourth-order valence-electron chi connectivity index (χ4n) is 1.78. The highest BCUT2D eigenvalue weighted by molar-refractivity contribution is 9.10. The normalized spacial score (nSPS) is 25.8. The van der Waals surface area contributed by atoms with Crippen molar-refractivity contribution in [2.24, 2.45) is 0 Å². The van der Waals surface area contributed by atoms with E-state index in [1.54, 1.807) is 6.07 Å². The van der Waals surface area contributed by atoms with Crippen LogP contribution in [0, 0.1) is 5.82 Å². The highest BCUT2D eigenvalue weighted by Crippen LogP contribution is 2.35. The second-order valence-electron chi connectivity index (χ2n) is 3.83. The standard InChI is InChI=1S/C11H11BrClFO2/c12-8-4-7(9(13)5-10(8)14)11-3-6(15)1-2-16-11/h4-6,11,15H,1-3H2. The van der Waals surface area contributed by atoms with Crippen molar-refractivity contribution in [3.8, 4) is 0 Å². The van der Waals surface area contributed by atoms with Crippen molar-refractivity contribution in [3.63, 3.8) is 0 Å². The summed E-state index contributed by atoms with van der Waals surface area (Å²) >= 11 is 9.07. The predicted octanol–water partition coefficient (Wildman–Crippen LogP) is 3.45. The largest absolute Gasteiger partial charge is 0.393 e. The van der Waals surface area contributed by atoms with E-state index in [1.165, 1.54) is 6.07 Å². The first-order valence-corrected chi connectivity index (χ1v) is 6.19. The summed E-state index contributed by atoms with van der Waals surface area (Å²) in [5.74, 6) is -0.398. The van der Waals surface area contributed by atoms with E-state index in [2.05, 4.69) is 15.9 Å². The number of ether oxygens (including phenoxy) is 1. The van der Waals surface area contributed by atoms with Gasteiger partial charge in [0.15, 0.2) is 0 Å². The molecule has 16 heavy (non-hydrogen) atoms. The van der Waals surface area contributed by atoms with Gasteiger partial charge in [0.05, 0.1) is 16.7 Å². The van der Waals surface area contributed by atoms with Crippen LogP contribution in [0.3, 0.4) is 0 Å². The lowest BCUT2D eigenvalue weighted by Crippen LogP contribution is -2.23. The second kappa shape index (κ2) is 5.00. The van der Waals surface area contributed by atoms with Gasteiger partial charge in [0.25, 0.3) is 0 Å². The number of rotatable bonds is 1. The molecule has 1 heterocycles. The molecule has 2 atom stereocenters. The summed E-state index contributed by atoms with van der Waals surface area (Å²) in [5, 5.41) is 9.88. The van der Waals surface area contributed by atoms with E-state index in [4.69, 9.17) is 16.3 Å². The van der Waals surface area contributed by atoms with E-state index in [0.717, 1.165) is 0 Å². The molecule has 1 fully saturated rings. The molecule has 2 nitrogen and oxygen atoms in total. The van der Waals surface area contributed by atoms with Crippen LogP contribution in [-0.2, 0) is 4.74 Å². The maximum absolute atomic E-state index is 13.2. The number of aliphatic hydroxyl groups is 1. The first-order chi connectivity index (χ1) is 7.58. The van der Waals surface area contributed by atoms with Gasteiger partial charge in [-0.05, 0) is 34.5 Å². The molecule has 1 aliphatic rings. The number of hydrogen-bond acceptors (Lipinski definition) is 2. The molecule has 0 aromatic heterocycles. The van der Waals surface area contributed by atoms with E-state index in [0.29, 0.717) is 34.5 Å². The zero-order valence-electron chi connectivity index (χ0n) is 8.42. The van der Waals surface area contributed by atoms with Crippen LogP contribution in [0.25, 0.3) is 0 Å². The lowest BCUT2D eigenvalue weighted by Gasteiger charge is -2.27. The van der Waals surface area contributed by atoms with Crippen molar-refractivity contribution in [2.45, 2.75) is 25.0 Å². The van der Waals surface area contributed by atoms with Crippen molar-refractivity contribution >= 4 is 27.5 Å². The average molecular weight is 310 g/mol. The van der Waals surface area contributed by atoms with Gasteiger partial charge in [0.1, 0.15) is 5.82 Å². The molecule has 0 radical (unpaired) electrons. The van der Waals surface area contributed by atoms with Crippen LogP contribution in [0.2, 0.25) is 5.02 Å². The van der Waals surface area contributed by atoms with Crippen molar-refractivity contribution in [3.05, 3.63) is 33.0 Å². The Labute approximate surface area is 106 Å². The molecule has 1 saturated heterocycles. The molecule has 2 unspecified atom stereocenters. The molecule has 5 heteroatoms. The van der Waals surface area contributed by atoms with E-state index >= 15 is 0 Å². The minimum absolute atomic E-state index is 0.256. The Morgan fingerprint density at radius 1 is 1.50 bits per heavy atom. The van der Waals surface area contributed by atoms with Crippen LogP contribution in [0.4, 0.5) is 4.39 Å². The quantitative estimate of drug-likeness (QED) is 0.805. The van der Waals surface area contributed by atoms with Gasteiger partial charge in [-0.2, -0.15) is 0 Å². The Morgan fingerprint density at radius 3 is 2.94 bits per heavy atom. The van der Waals surface area contributed by atoms with Crippen molar-refractivity contribution in [1.82, 2.24) is 0 Å². The molecule has 0 saturated carbocycles. The fraction of sp³-hybridized carbons (Fsp3) is 0.455. The highest BCUT2D eigenvalue weighted by Gasteiger charge is 2.24. The Hall–Kier alpha value is -0.160. The maximum Gasteiger partial charge on any atom is 0.138 e. The molecule has 88 valence electrons. The number of aliphatic hydroxyl groups excluding tert-OH is 1. The molecular weight excluding hydrogens is 298 g/mol. The minimum Gasteiger partial charge on any atom is -0.393 e. The van der Waals surface area contributed by atoms with Crippen molar-refractivity contribution in [1.29, 1.82) is 0 Å². The van der Waals surface area contributed by atoms with Crippen LogP contribution in [0.5, 0.6) is 0 Å². The second-order valence-corrected chi connectivity index (χ2v) is 5.09. The van der Waals surface area contributed by atoms with E-state index in [-0.39, 0.29) is 12.2 Å². The van der Waals surface area contributed by atoms with Crippen LogP contribution in [0.1, 0.15) is 24.5 Å². The molecule has 0 amide bonds. The topological polar surface area (TPSA) is 29.5 Å². The predicted molar refractivity (Wildman–Crippen MR) is 63.0 cm³/mol. The first kappa shape index (κ1) is 12.3. The summed E-state index contributed by atoms with van der Waals surface area (Å²) in [6.45, 7) is 0.497. The third-order valence-corrected chi connectivity index (χ3v) is 3.58. The molecule has 1 aromatic rings. The van der Waals surface area contributed by atoms with Gasteiger partial charge < -0.3 is 9.84 Å². The van der Waals surface area contributed by atoms with Crippen LogP contribution >= 0.6 is 27.5 Å². The van der Waals surface area contributed by atoms with E-state index in [1.807, 2.05) is 0 Å². The van der Waals surface area contributed by atoms with Gasteiger partial charge in [-0.25, -0.2) is 4.39 Å². The Balaban J connectivity index is 2.29. The van der Waals surface area contributed by atoms with Crippen LogP contribution in [0.15, 0.2) is 16.6 Å². The van der Waals surface area contributed by atoms with Gasteiger partial charge >= 0.3 is 0 Å². The Bertz CT molecular complexity index is 400. The highest BCUT2D eigenvalue weighted by atomic mass is 79.9. The molecule has 1 aliphatic heterocycles. The molecule has 0 bridgehead atoms. The SMILES string of the molecule is OC1CCOC(c2cc(Br)c(F)cc2Cl)C1. The summed E-state index contributed by atoms with van der Waals surface area (Å²) in [4.78, 5) is 0. The third kappa shape index (κ3) is 2.56. The lowest BCUT2D eigenvalue weighted by molar-refractivity contribution is -0.0447. The summed E-state index contributed by atoms with van der Waals surface area (Å²) in [6, 6.07) is 2.87. The minimum atomic E-state index is -0.398. The number of benzene rings is 1. The lowest BCUT2D eigenvalue weighted by atomic mass is 9.99. The molecule has 0 spiro atoms. The monoisotopic (exact) mass is 308 g/mol. The van der Waals surface area contributed by atoms with Gasteiger partial charge in [0, 0.05) is 23.6 Å². The summed E-state index contributed by atoms with van der Waals surface area (Å²) in [5.41, 5.74) is 0.716. The molecule has 1 N–H and O–H groups in total. The zero-order chi connectivity index (χ0) is 11.7. The molecule has 2 rings (SSSR count). The average Bonchev–Trinajstić information content (AvgIpc) is 2.23. The summed E-state index contributed by atoms with van der Waals surface area (Å²) < 4.78 is 19.1. The van der Waals surface area contributed by atoms with Gasteiger partial charge in [-0.3, -0.25) is 0 Å². The maximum atomic E-state index is 13.2. The van der Waals surface area contributed by atoms with E-state index < -0.39 is 5.82 Å². The zero-order valence-corrected chi connectivity index (χ0v) is 10.8. The number of halogens is 3. The fourth-order valence-corrected chi connectivity index (χ4v) is 2.41. The number of hydrogen-bond donors (Lipinski definition) is 1. The van der Waals surface area contributed by atoms with Crippen molar-refractivity contribution in [2.75, 3.05) is 6.61 Å². The summed E-state index contributed by atoms with van der Waals surface area (Å²) in [7, 11) is 0. The van der Waals surface area contributed by atoms with Crippen LogP contribution < -0.4 is 0 Å². The third-order valence-electron chi connectivity index (χ3n) is 2.64. The molecular formula is C11H11BrClFO2.